The third-order valence-corrected chi connectivity index (χ3v) is 6.12. The second-order valence-corrected chi connectivity index (χ2v) is 8.77. The second kappa shape index (κ2) is 10.2. The van der Waals surface area contributed by atoms with E-state index in [1.165, 1.54) is 12.0 Å². The van der Waals surface area contributed by atoms with E-state index in [9.17, 15) is 10.1 Å². The Balaban J connectivity index is 1.51. The number of rotatable bonds is 6. The van der Waals surface area contributed by atoms with E-state index in [1.54, 1.807) is 57.0 Å². The molecule has 188 valence electrons. The van der Waals surface area contributed by atoms with Gasteiger partial charge in [0.25, 0.3) is 5.91 Å². The number of aromatic nitrogens is 3. The molecule has 0 radical (unpaired) electrons. The Morgan fingerprint density at radius 2 is 1.92 bits per heavy atom. The van der Waals surface area contributed by atoms with Gasteiger partial charge in [0.15, 0.2) is 5.58 Å². The minimum atomic E-state index is -0.233. The van der Waals surface area contributed by atoms with Gasteiger partial charge in [0, 0.05) is 68.8 Å². The highest BCUT2D eigenvalue weighted by Crippen LogP contribution is 2.37. The van der Waals surface area contributed by atoms with Crippen molar-refractivity contribution in [3.8, 4) is 40.1 Å². The smallest absolute Gasteiger partial charge is 0.272 e. The van der Waals surface area contributed by atoms with Gasteiger partial charge in [0.05, 0.1) is 25.9 Å². The summed E-state index contributed by atoms with van der Waals surface area (Å²) in [5.41, 5.74) is 3.75. The maximum absolute atomic E-state index is 12.3. The topological polar surface area (TPSA) is 124 Å². The van der Waals surface area contributed by atoms with Gasteiger partial charge in [-0.2, -0.15) is 5.26 Å². The number of methoxy groups -OCH3 is 1. The van der Waals surface area contributed by atoms with Crippen LogP contribution in [0.15, 0.2) is 47.3 Å². The molecule has 0 saturated carbocycles. The zero-order chi connectivity index (χ0) is 25.9. The minimum Gasteiger partial charge on any atom is -0.496 e. The number of pyridine rings is 3. The van der Waals surface area contributed by atoms with Gasteiger partial charge < -0.3 is 23.5 Å². The number of fused-ring (bicyclic) bond motifs is 1. The second-order valence-electron chi connectivity index (χ2n) is 8.77. The van der Waals surface area contributed by atoms with E-state index in [0.29, 0.717) is 58.4 Å². The van der Waals surface area contributed by atoms with Crippen molar-refractivity contribution in [3.05, 3.63) is 54.1 Å². The molecule has 1 aliphatic rings. The Hall–Kier alpha value is -4.49. The van der Waals surface area contributed by atoms with E-state index in [-0.39, 0.29) is 17.7 Å². The number of amides is 1. The third-order valence-electron chi connectivity index (χ3n) is 6.12. The van der Waals surface area contributed by atoms with Gasteiger partial charge in [-0.25, -0.2) is 4.98 Å². The van der Waals surface area contributed by atoms with Crippen LogP contribution in [-0.4, -0.2) is 66.3 Å². The molecule has 1 fully saturated rings. The van der Waals surface area contributed by atoms with E-state index >= 15 is 0 Å². The van der Waals surface area contributed by atoms with Crippen LogP contribution in [0.25, 0.3) is 33.6 Å². The number of ether oxygens (including phenoxy) is 3. The standard InChI is InChI=1S/C27H25N5O5/c1-32(2)27(33)22-12-23(34-3)20(15-30-22)24-11-21-25(37-24)19(4-7-29-21)17-10-16(13-28)26(31-14-17)36-18-5-8-35-9-6-18/h4,7,10-12,14-15,18H,5-6,8-9H2,1-3H3. The molecule has 0 aromatic carbocycles. The predicted octanol–water partition coefficient (Wildman–Crippen LogP) is 4.09. The first-order chi connectivity index (χ1) is 18.0. The number of furan rings is 1. The predicted molar refractivity (Wildman–Crippen MR) is 134 cm³/mol. The monoisotopic (exact) mass is 499 g/mol. The van der Waals surface area contributed by atoms with Gasteiger partial charge >= 0.3 is 0 Å². The zero-order valence-electron chi connectivity index (χ0n) is 20.7. The summed E-state index contributed by atoms with van der Waals surface area (Å²) in [6.45, 7) is 1.27. The summed E-state index contributed by atoms with van der Waals surface area (Å²) < 4.78 is 23.1. The summed E-state index contributed by atoms with van der Waals surface area (Å²) in [6, 6.07) is 9.10. The first-order valence-electron chi connectivity index (χ1n) is 11.8. The molecule has 10 nitrogen and oxygen atoms in total. The molecule has 5 heterocycles. The Bertz CT molecular complexity index is 1500. The molecular weight excluding hydrogens is 474 g/mol. The van der Waals surface area contributed by atoms with E-state index < -0.39 is 0 Å². The van der Waals surface area contributed by atoms with Crippen molar-refractivity contribution < 1.29 is 23.4 Å². The molecule has 10 heteroatoms. The van der Waals surface area contributed by atoms with Crippen molar-refractivity contribution >= 4 is 17.0 Å². The molecule has 4 aromatic rings. The van der Waals surface area contributed by atoms with Crippen molar-refractivity contribution in [3.63, 3.8) is 0 Å². The molecular formula is C27H25N5O5. The Morgan fingerprint density at radius 1 is 1.11 bits per heavy atom. The van der Waals surface area contributed by atoms with Crippen LogP contribution >= 0.6 is 0 Å². The average molecular weight is 500 g/mol. The molecule has 1 amide bonds. The van der Waals surface area contributed by atoms with Gasteiger partial charge in [-0.1, -0.05) is 0 Å². The molecule has 0 spiro atoms. The van der Waals surface area contributed by atoms with Gasteiger partial charge in [-0.15, -0.1) is 0 Å². The van der Waals surface area contributed by atoms with Crippen LogP contribution < -0.4 is 9.47 Å². The minimum absolute atomic E-state index is 0.0255. The van der Waals surface area contributed by atoms with Crippen LogP contribution in [0.3, 0.4) is 0 Å². The lowest BCUT2D eigenvalue weighted by Crippen LogP contribution is -2.26. The van der Waals surface area contributed by atoms with E-state index in [2.05, 4.69) is 21.0 Å². The van der Waals surface area contributed by atoms with Gasteiger partial charge in [0.2, 0.25) is 5.88 Å². The highest BCUT2D eigenvalue weighted by atomic mass is 16.5. The number of nitrogens with zero attached hydrogens (tertiary/aromatic N) is 5. The number of hydrogen-bond donors (Lipinski definition) is 0. The highest BCUT2D eigenvalue weighted by molar-refractivity contribution is 5.95. The van der Waals surface area contributed by atoms with Crippen molar-refractivity contribution in [2.75, 3.05) is 34.4 Å². The normalized spacial score (nSPS) is 13.8. The lowest BCUT2D eigenvalue weighted by molar-refractivity contribution is 0.0236. The molecule has 37 heavy (non-hydrogen) atoms. The summed E-state index contributed by atoms with van der Waals surface area (Å²) >= 11 is 0. The first-order valence-corrected chi connectivity index (χ1v) is 11.8. The number of nitriles is 1. The fourth-order valence-electron chi connectivity index (χ4n) is 4.16. The van der Waals surface area contributed by atoms with Gasteiger partial charge in [0.1, 0.15) is 40.5 Å². The van der Waals surface area contributed by atoms with E-state index in [4.69, 9.17) is 18.6 Å². The highest BCUT2D eigenvalue weighted by Gasteiger charge is 2.21. The Kier molecular flexibility index (Phi) is 6.70. The number of hydrogen-bond acceptors (Lipinski definition) is 9. The SMILES string of the molecule is COc1cc(C(=O)N(C)C)ncc1-c1cc2nccc(-c3cnc(OC4CCOCC4)c(C#N)c3)c2o1. The van der Waals surface area contributed by atoms with Crippen LogP contribution in [0.5, 0.6) is 11.6 Å². The summed E-state index contributed by atoms with van der Waals surface area (Å²) in [6.07, 6.45) is 6.38. The van der Waals surface area contributed by atoms with Crippen molar-refractivity contribution in [2.24, 2.45) is 0 Å². The molecule has 0 bridgehead atoms. The molecule has 0 atom stereocenters. The first kappa shape index (κ1) is 24.2. The van der Waals surface area contributed by atoms with Crippen LogP contribution in [0.1, 0.15) is 28.9 Å². The molecule has 0 N–H and O–H groups in total. The van der Waals surface area contributed by atoms with Crippen molar-refractivity contribution in [1.82, 2.24) is 19.9 Å². The fourth-order valence-corrected chi connectivity index (χ4v) is 4.16. The number of carbonyl (C=O) groups excluding carboxylic acids is 1. The van der Waals surface area contributed by atoms with Crippen LogP contribution in [0, 0.1) is 11.3 Å². The Labute approximate surface area is 213 Å². The Morgan fingerprint density at radius 3 is 2.65 bits per heavy atom. The lowest BCUT2D eigenvalue weighted by Gasteiger charge is -2.23. The van der Waals surface area contributed by atoms with Crippen LogP contribution in [-0.2, 0) is 4.74 Å². The number of carbonyl (C=O) groups is 1. The molecule has 0 unspecified atom stereocenters. The van der Waals surface area contributed by atoms with Crippen LogP contribution in [0.4, 0.5) is 0 Å². The third kappa shape index (κ3) is 4.81. The summed E-state index contributed by atoms with van der Waals surface area (Å²) in [4.78, 5) is 26.9. The molecule has 1 aliphatic heterocycles. The molecule has 0 aliphatic carbocycles. The maximum atomic E-state index is 12.3. The van der Waals surface area contributed by atoms with Gasteiger partial charge in [-0.3, -0.25) is 14.8 Å². The molecule has 5 rings (SSSR count). The van der Waals surface area contributed by atoms with Crippen LogP contribution in [0.2, 0.25) is 0 Å². The maximum Gasteiger partial charge on any atom is 0.272 e. The quantitative estimate of drug-likeness (QED) is 0.386. The average Bonchev–Trinajstić information content (AvgIpc) is 3.37. The van der Waals surface area contributed by atoms with Gasteiger partial charge in [-0.05, 0) is 12.1 Å². The van der Waals surface area contributed by atoms with E-state index in [0.717, 1.165) is 18.4 Å². The van der Waals surface area contributed by atoms with Crippen molar-refractivity contribution in [2.45, 2.75) is 18.9 Å². The fraction of sp³-hybridized carbons (Fsp3) is 0.296. The zero-order valence-corrected chi connectivity index (χ0v) is 20.7. The summed E-state index contributed by atoms with van der Waals surface area (Å²) in [5.74, 6) is 1.01. The largest absolute Gasteiger partial charge is 0.496 e. The van der Waals surface area contributed by atoms with Crippen molar-refractivity contribution in [1.29, 1.82) is 5.26 Å². The summed E-state index contributed by atoms with van der Waals surface area (Å²) in [7, 11) is 4.84. The summed E-state index contributed by atoms with van der Waals surface area (Å²) in [5, 5.41) is 9.76. The molecule has 4 aromatic heterocycles. The van der Waals surface area contributed by atoms with E-state index in [1.807, 2.05) is 0 Å². The molecule has 1 saturated heterocycles. The lowest BCUT2D eigenvalue weighted by atomic mass is 10.1.